The maximum atomic E-state index is 16.1. The third-order valence-electron chi connectivity index (χ3n) is 11.0. The molecule has 9 nitrogen and oxygen atoms in total. The summed E-state index contributed by atoms with van der Waals surface area (Å²) < 4.78 is 53.3. The highest BCUT2D eigenvalue weighted by Gasteiger charge is 2.49. The fourth-order valence-corrected chi connectivity index (χ4v) is 13.8. The average molecular weight is 719 g/mol. The highest BCUT2D eigenvalue weighted by molar-refractivity contribution is 6.90. The zero-order chi connectivity index (χ0) is 36.7. The van der Waals surface area contributed by atoms with Gasteiger partial charge in [0.15, 0.2) is 6.79 Å². The molecule has 2 aliphatic heterocycles. The Balaban J connectivity index is 1.53. The smallest absolute Gasteiger partial charge is 0.320 e. The molecule has 6 rings (SSSR count). The largest absolute Gasteiger partial charge is 0.493 e. The van der Waals surface area contributed by atoms with Crippen LogP contribution in [0.3, 0.4) is 0 Å². The summed E-state index contributed by atoms with van der Waals surface area (Å²) in [5, 5.41) is 12.6. The Morgan fingerprint density at radius 3 is 2.43 bits per heavy atom. The minimum absolute atomic E-state index is 0.00241. The maximum absolute atomic E-state index is 16.1. The molecule has 0 amide bonds. The van der Waals surface area contributed by atoms with Crippen molar-refractivity contribution < 1.29 is 32.8 Å². The van der Waals surface area contributed by atoms with Gasteiger partial charge < -0.3 is 24.1 Å². The SMILES string of the molecule is COCOc1cc(-c2cc3nc(OC[C@@]45CCCN4C[C@H](F)C5)nc(O)c3c(OC)n2)c2c(C#C[Si](C(C)C)(C(C)C)C(C)C)c(F)ccc2c1. The molecule has 2 aromatic heterocycles. The van der Waals surface area contributed by atoms with Gasteiger partial charge in [-0.25, -0.2) is 13.8 Å². The van der Waals surface area contributed by atoms with Crippen molar-refractivity contribution in [2.75, 3.05) is 40.7 Å². The zero-order valence-electron chi connectivity index (χ0n) is 30.8. The minimum atomic E-state index is -2.23. The van der Waals surface area contributed by atoms with E-state index >= 15 is 4.39 Å². The van der Waals surface area contributed by atoms with Gasteiger partial charge in [0, 0.05) is 31.0 Å². The lowest BCUT2D eigenvalue weighted by Crippen LogP contribution is -2.43. The van der Waals surface area contributed by atoms with Crippen molar-refractivity contribution in [3.8, 4) is 46.2 Å². The van der Waals surface area contributed by atoms with E-state index in [4.69, 9.17) is 23.9 Å². The summed E-state index contributed by atoms with van der Waals surface area (Å²) >= 11 is 0. The predicted molar refractivity (Wildman–Crippen MR) is 197 cm³/mol. The Labute approximate surface area is 299 Å². The van der Waals surface area contributed by atoms with E-state index in [-0.39, 0.29) is 42.1 Å². The highest BCUT2D eigenvalue weighted by Crippen LogP contribution is 2.44. The third kappa shape index (κ3) is 6.72. The van der Waals surface area contributed by atoms with E-state index in [0.29, 0.717) is 62.9 Å². The molecule has 2 aromatic carbocycles. The van der Waals surface area contributed by atoms with E-state index in [2.05, 4.69) is 67.9 Å². The first-order valence-corrected chi connectivity index (χ1v) is 20.0. The molecule has 4 heterocycles. The Hall–Kier alpha value is -4.05. The maximum Gasteiger partial charge on any atom is 0.320 e. The molecule has 1 N–H and O–H groups in total. The monoisotopic (exact) mass is 718 g/mol. The molecular formula is C39H48F2N4O5Si. The first kappa shape index (κ1) is 36.7. The van der Waals surface area contributed by atoms with Gasteiger partial charge in [0.1, 0.15) is 37.8 Å². The van der Waals surface area contributed by atoms with E-state index in [0.717, 1.165) is 19.4 Å². The van der Waals surface area contributed by atoms with Gasteiger partial charge in [-0.05, 0) is 65.7 Å². The van der Waals surface area contributed by atoms with Gasteiger partial charge in [-0.15, -0.1) is 5.54 Å². The first-order valence-electron chi connectivity index (χ1n) is 17.7. The molecular weight excluding hydrogens is 671 g/mol. The number of fused-ring (bicyclic) bond motifs is 3. The quantitative estimate of drug-likeness (QED) is 0.0935. The van der Waals surface area contributed by atoms with Gasteiger partial charge in [-0.2, -0.15) is 9.97 Å². The Kier molecular flexibility index (Phi) is 10.5. The summed E-state index contributed by atoms with van der Waals surface area (Å²) in [5.74, 6) is 3.12. The fourth-order valence-electron chi connectivity index (χ4n) is 8.63. The van der Waals surface area contributed by atoms with Crippen LogP contribution in [0.5, 0.6) is 23.5 Å². The van der Waals surface area contributed by atoms with Crippen LogP contribution in [0.1, 0.15) is 66.4 Å². The summed E-state index contributed by atoms with van der Waals surface area (Å²) in [6.45, 7) is 14.8. The fraction of sp³-hybridized carbons (Fsp3) is 0.513. The van der Waals surface area contributed by atoms with Crippen LogP contribution in [-0.2, 0) is 4.74 Å². The molecule has 0 bridgehead atoms. The number of methoxy groups -OCH3 is 2. The van der Waals surface area contributed by atoms with Crippen molar-refractivity contribution in [2.24, 2.45) is 0 Å². The van der Waals surface area contributed by atoms with Gasteiger partial charge in [-0.1, -0.05) is 53.5 Å². The standard InChI is InChI=1S/C39H48F2N4O5Si/c1-23(2)51(24(3)4,25(5)6)15-12-29-31(41)11-10-26-16-28(50-22-47-7)17-30(34(26)29)32-18-33-35(37(42-32)48-8)36(46)44-38(43-33)49-21-39-13-9-14-45(39)20-27(40)19-39/h10-11,16-18,23-25,27H,9,13-14,19-22H2,1-8H3,(H,43,44,46)/t27-,39+/m1/s1. The molecule has 0 aliphatic carbocycles. The number of benzene rings is 2. The van der Waals surface area contributed by atoms with Crippen molar-refractivity contribution in [2.45, 2.75) is 89.1 Å². The van der Waals surface area contributed by atoms with Crippen molar-refractivity contribution in [1.82, 2.24) is 19.9 Å². The summed E-state index contributed by atoms with van der Waals surface area (Å²) in [7, 11) is 0.750. The van der Waals surface area contributed by atoms with E-state index in [1.54, 1.807) is 18.2 Å². The second-order valence-electron chi connectivity index (χ2n) is 14.8. The third-order valence-corrected chi connectivity index (χ3v) is 17.3. The summed E-state index contributed by atoms with van der Waals surface area (Å²) in [4.78, 5) is 15.8. The number of aromatic nitrogens is 3. The predicted octanol–water partition coefficient (Wildman–Crippen LogP) is 8.21. The van der Waals surface area contributed by atoms with Gasteiger partial charge >= 0.3 is 6.01 Å². The first-order chi connectivity index (χ1) is 24.3. The van der Waals surface area contributed by atoms with E-state index in [9.17, 15) is 9.50 Å². The molecule has 272 valence electrons. The molecule has 0 spiro atoms. The highest BCUT2D eigenvalue weighted by atomic mass is 28.3. The lowest BCUT2D eigenvalue weighted by Gasteiger charge is -2.38. The second-order valence-corrected chi connectivity index (χ2v) is 20.4. The molecule has 0 saturated carbocycles. The molecule has 2 aliphatic rings. The number of hydrogen-bond acceptors (Lipinski definition) is 9. The van der Waals surface area contributed by atoms with Crippen molar-refractivity contribution in [3.63, 3.8) is 0 Å². The second kappa shape index (κ2) is 14.5. The summed E-state index contributed by atoms with van der Waals surface area (Å²) in [6.07, 6.45) is 1.27. The zero-order valence-corrected chi connectivity index (χ0v) is 31.8. The van der Waals surface area contributed by atoms with Crippen LogP contribution in [0.2, 0.25) is 16.6 Å². The van der Waals surface area contributed by atoms with Crippen LogP contribution in [0.15, 0.2) is 30.3 Å². The van der Waals surface area contributed by atoms with Crippen LogP contribution in [0, 0.1) is 17.3 Å². The molecule has 2 saturated heterocycles. The molecule has 0 radical (unpaired) electrons. The van der Waals surface area contributed by atoms with E-state index < -0.39 is 25.6 Å². The van der Waals surface area contributed by atoms with Gasteiger partial charge in [0.2, 0.25) is 11.8 Å². The molecule has 4 aromatic rings. The normalized spacial score (nSPS) is 19.3. The van der Waals surface area contributed by atoms with Crippen molar-refractivity contribution >= 4 is 29.7 Å². The molecule has 51 heavy (non-hydrogen) atoms. The average Bonchev–Trinajstić information content (AvgIpc) is 3.61. The molecule has 2 atom stereocenters. The van der Waals surface area contributed by atoms with E-state index in [1.807, 2.05) is 6.07 Å². The van der Waals surface area contributed by atoms with Crippen LogP contribution < -0.4 is 14.2 Å². The van der Waals surface area contributed by atoms with Gasteiger partial charge in [0.05, 0.1) is 29.4 Å². The number of nitrogens with zero attached hydrogens (tertiary/aromatic N) is 4. The number of aromatic hydroxyl groups is 1. The van der Waals surface area contributed by atoms with Gasteiger partial charge in [0.25, 0.3) is 0 Å². The number of alkyl halides is 1. The Morgan fingerprint density at radius 1 is 1.00 bits per heavy atom. The summed E-state index contributed by atoms with van der Waals surface area (Å²) in [5.41, 5.74) is 5.85. The van der Waals surface area contributed by atoms with Crippen LogP contribution in [0.25, 0.3) is 32.9 Å². The number of hydrogen-bond donors (Lipinski definition) is 1. The Morgan fingerprint density at radius 2 is 1.75 bits per heavy atom. The van der Waals surface area contributed by atoms with Crippen molar-refractivity contribution in [3.05, 3.63) is 41.7 Å². The summed E-state index contributed by atoms with van der Waals surface area (Å²) in [6, 6.07) is 8.38. The Bertz CT molecular complexity index is 1980. The topological polar surface area (TPSA) is 99.1 Å². The van der Waals surface area contributed by atoms with Gasteiger partial charge in [-0.3, -0.25) is 4.90 Å². The van der Waals surface area contributed by atoms with Crippen molar-refractivity contribution in [1.29, 1.82) is 0 Å². The van der Waals surface area contributed by atoms with Crippen LogP contribution >= 0.6 is 0 Å². The van der Waals surface area contributed by atoms with E-state index in [1.165, 1.54) is 20.3 Å². The lowest BCUT2D eigenvalue weighted by molar-refractivity contribution is 0.0512. The number of rotatable bonds is 11. The lowest BCUT2D eigenvalue weighted by atomic mass is 9.95. The number of pyridine rings is 1. The van der Waals surface area contributed by atoms with Crippen LogP contribution in [-0.4, -0.2) is 85.5 Å². The molecule has 0 unspecified atom stereocenters. The molecule has 12 heteroatoms. The number of ether oxygens (including phenoxy) is 4. The minimum Gasteiger partial charge on any atom is -0.493 e. The molecule has 2 fully saturated rings. The van der Waals surface area contributed by atoms with Crippen LogP contribution in [0.4, 0.5) is 8.78 Å². The number of halogens is 2.